The first-order chi connectivity index (χ1) is 5.77. The van der Waals surface area contributed by atoms with Gasteiger partial charge in [0.05, 0.1) is 0 Å². The molecule has 2 aliphatic rings. The van der Waals surface area contributed by atoms with Crippen molar-refractivity contribution in [1.29, 1.82) is 0 Å². The summed E-state index contributed by atoms with van der Waals surface area (Å²) in [5.74, 6) is 0. The van der Waals surface area contributed by atoms with Crippen LogP contribution in [0, 0.1) is 0 Å². The number of nitrogens with two attached hydrogens (primary N) is 1. The summed E-state index contributed by atoms with van der Waals surface area (Å²) in [4.78, 5) is 2.58. The van der Waals surface area contributed by atoms with Gasteiger partial charge in [-0.2, -0.15) is 0 Å². The first kappa shape index (κ1) is 8.52. The summed E-state index contributed by atoms with van der Waals surface area (Å²) in [6.07, 6.45) is 8.17. The van der Waals surface area contributed by atoms with Crippen molar-refractivity contribution in [2.24, 2.45) is 5.73 Å². The smallest absolute Gasteiger partial charge is 0.0125 e. The summed E-state index contributed by atoms with van der Waals surface area (Å²) in [6.45, 7) is 0. The van der Waals surface area contributed by atoms with Gasteiger partial charge < -0.3 is 10.6 Å². The Morgan fingerprint density at radius 1 is 1.08 bits per heavy atom. The van der Waals surface area contributed by atoms with E-state index in [4.69, 9.17) is 5.73 Å². The predicted molar refractivity (Wildman–Crippen MR) is 51.0 cm³/mol. The average molecular weight is 168 g/mol. The molecule has 2 fully saturated rings. The lowest BCUT2D eigenvalue weighted by atomic mass is 9.85. The second-order valence-corrected chi connectivity index (χ2v) is 4.49. The zero-order valence-corrected chi connectivity index (χ0v) is 8.00. The lowest BCUT2D eigenvalue weighted by Crippen LogP contribution is -2.51. The third-order valence-electron chi connectivity index (χ3n) is 3.63. The number of hydrogen-bond donors (Lipinski definition) is 1. The van der Waals surface area contributed by atoms with Gasteiger partial charge in [0.2, 0.25) is 0 Å². The summed E-state index contributed by atoms with van der Waals surface area (Å²) in [5, 5.41) is 0. The highest BCUT2D eigenvalue weighted by Gasteiger charge is 2.33. The molecule has 0 saturated heterocycles. The molecule has 0 aliphatic heterocycles. The molecule has 0 aromatic carbocycles. The highest BCUT2D eigenvalue weighted by molar-refractivity contribution is 4.91. The topological polar surface area (TPSA) is 29.3 Å². The van der Waals surface area contributed by atoms with E-state index in [0.717, 1.165) is 12.1 Å². The highest BCUT2D eigenvalue weighted by Crippen LogP contribution is 2.30. The Kier molecular flexibility index (Phi) is 2.37. The lowest BCUT2D eigenvalue weighted by molar-refractivity contribution is 0.0971. The molecule has 2 heteroatoms. The molecule has 0 aromatic rings. The molecular weight excluding hydrogens is 148 g/mol. The average Bonchev–Trinajstić information content (AvgIpc) is 2.49. The highest BCUT2D eigenvalue weighted by atomic mass is 15.2. The van der Waals surface area contributed by atoms with Crippen LogP contribution in [-0.4, -0.2) is 30.1 Å². The molecule has 2 N–H and O–H groups in total. The van der Waals surface area contributed by atoms with Crippen LogP contribution in [0.3, 0.4) is 0 Å². The van der Waals surface area contributed by atoms with Gasteiger partial charge in [-0.15, -0.1) is 0 Å². The Morgan fingerprint density at radius 3 is 2.17 bits per heavy atom. The molecule has 0 amide bonds. The molecular formula is C10H20N2. The second kappa shape index (κ2) is 3.35. The van der Waals surface area contributed by atoms with Gasteiger partial charge in [0.25, 0.3) is 0 Å². The Bertz CT molecular complexity index is 146. The van der Waals surface area contributed by atoms with Crippen LogP contribution in [0.4, 0.5) is 0 Å². The fourth-order valence-electron chi connectivity index (χ4n) is 2.57. The van der Waals surface area contributed by atoms with Crippen molar-refractivity contribution in [1.82, 2.24) is 4.90 Å². The molecule has 2 rings (SSSR count). The summed E-state index contributed by atoms with van der Waals surface area (Å²) in [5.41, 5.74) is 5.78. The van der Waals surface area contributed by atoms with Crippen LogP contribution in [0.2, 0.25) is 0 Å². The molecule has 0 spiro atoms. The summed E-state index contributed by atoms with van der Waals surface area (Å²) in [6, 6.07) is 2.18. The quantitative estimate of drug-likeness (QED) is 0.674. The molecule has 2 aliphatic carbocycles. The van der Waals surface area contributed by atoms with Gasteiger partial charge >= 0.3 is 0 Å². The Labute approximate surface area is 75.1 Å². The maximum Gasteiger partial charge on any atom is 0.0125 e. The van der Waals surface area contributed by atoms with E-state index in [1.165, 1.54) is 38.5 Å². The maximum atomic E-state index is 5.78. The van der Waals surface area contributed by atoms with Crippen LogP contribution in [-0.2, 0) is 0 Å². The normalized spacial score (nSPS) is 37.2. The molecule has 0 atom stereocenters. The Hall–Kier alpha value is -0.0800. The fraction of sp³-hybridized carbons (Fsp3) is 1.00. The minimum Gasteiger partial charge on any atom is -0.328 e. The van der Waals surface area contributed by atoms with Gasteiger partial charge in [-0.1, -0.05) is 12.8 Å². The first-order valence-corrected chi connectivity index (χ1v) is 5.25. The molecule has 0 aromatic heterocycles. The number of hydrogen-bond acceptors (Lipinski definition) is 2. The summed E-state index contributed by atoms with van der Waals surface area (Å²) >= 11 is 0. The van der Waals surface area contributed by atoms with E-state index >= 15 is 0 Å². The van der Waals surface area contributed by atoms with Crippen molar-refractivity contribution < 1.29 is 0 Å². The van der Waals surface area contributed by atoms with Gasteiger partial charge in [-0.05, 0) is 32.7 Å². The molecule has 0 heterocycles. The molecule has 2 saturated carbocycles. The third-order valence-corrected chi connectivity index (χ3v) is 3.63. The van der Waals surface area contributed by atoms with Gasteiger partial charge in [-0.25, -0.2) is 0 Å². The maximum absolute atomic E-state index is 5.78. The van der Waals surface area contributed by atoms with E-state index in [1.54, 1.807) is 0 Å². The summed E-state index contributed by atoms with van der Waals surface area (Å²) < 4.78 is 0. The molecule has 0 radical (unpaired) electrons. The predicted octanol–water partition coefficient (Wildman–Crippen LogP) is 1.35. The van der Waals surface area contributed by atoms with Gasteiger partial charge in [0.1, 0.15) is 0 Å². The van der Waals surface area contributed by atoms with E-state index in [2.05, 4.69) is 11.9 Å². The Morgan fingerprint density at radius 2 is 1.67 bits per heavy atom. The lowest BCUT2D eigenvalue weighted by Gasteiger charge is -2.42. The molecule has 70 valence electrons. The molecule has 12 heavy (non-hydrogen) atoms. The van der Waals surface area contributed by atoms with Crippen molar-refractivity contribution in [2.45, 2.75) is 56.7 Å². The van der Waals surface area contributed by atoms with Crippen LogP contribution >= 0.6 is 0 Å². The van der Waals surface area contributed by atoms with Gasteiger partial charge in [0.15, 0.2) is 0 Å². The van der Waals surface area contributed by atoms with Crippen molar-refractivity contribution in [3.8, 4) is 0 Å². The molecule has 0 bridgehead atoms. The van der Waals surface area contributed by atoms with Crippen molar-refractivity contribution >= 4 is 0 Å². The number of nitrogens with zero attached hydrogens (tertiary/aromatic N) is 1. The standard InChI is InChI=1S/C10H20N2/c1-12(9-4-2-3-5-9)10-6-8(11)7-10/h8-10H,2-7,11H2,1H3. The minimum atomic E-state index is 0.499. The van der Waals surface area contributed by atoms with Crippen LogP contribution in [0.1, 0.15) is 38.5 Å². The summed E-state index contributed by atoms with van der Waals surface area (Å²) in [7, 11) is 2.28. The van der Waals surface area contributed by atoms with Gasteiger partial charge in [-0.3, -0.25) is 0 Å². The van der Waals surface area contributed by atoms with Crippen LogP contribution < -0.4 is 5.73 Å². The first-order valence-electron chi connectivity index (χ1n) is 5.25. The zero-order chi connectivity index (χ0) is 8.55. The van der Waals surface area contributed by atoms with Crippen molar-refractivity contribution in [2.75, 3.05) is 7.05 Å². The SMILES string of the molecule is CN(C1CCCC1)C1CC(N)C1. The van der Waals surface area contributed by atoms with E-state index in [9.17, 15) is 0 Å². The minimum absolute atomic E-state index is 0.499. The van der Waals surface area contributed by atoms with Crippen molar-refractivity contribution in [3.63, 3.8) is 0 Å². The third kappa shape index (κ3) is 1.50. The van der Waals surface area contributed by atoms with Crippen LogP contribution in [0.5, 0.6) is 0 Å². The monoisotopic (exact) mass is 168 g/mol. The number of rotatable bonds is 2. The van der Waals surface area contributed by atoms with E-state index < -0.39 is 0 Å². The van der Waals surface area contributed by atoms with Crippen molar-refractivity contribution in [3.05, 3.63) is 0 Å². The largest absolute Gasteiger partial charge is 0.328 e. The van der Waals surface area contributed by atoms with Gasteiger partial charge in [0, 0.05) is 18.1 Å². The van der Waals surface area contributed by atoms with E-state index in [1.807, 2.05) is 0 Å². The van der Waals surface area contributed by atoms with Crippen LogP contribution in [0.25, 0.3) is 0 Å². The van der Waals surface area contributed by atoms with E-state index in [0.29, 0.717) is 6.04 Å². The zero-order valence-electron chi connectivity index (χ0n) is 8.00. The second-order valence-electron chi connectivity index (χ2n) is 4.49. The molecule has 0 unspecified atom stereocenters. The fourth-order valence-corrected chi connectivity index (χ4v) is 2.57. The molecule has 2 nitrogen and oxygen atoms in total. The van der Waals surface area contributed by atoms with E-state index in [-0.39, 0.29) is 0 Å². The van der Waals surface area contributed by atoms with Crippen LogP contribution in [0.15, 0.2) is 0 Å². The Balaban J connectivity index is 1.79.